The van der Waals surface area contributed by atoms with E-state index in [4.69, 9.17) is 0 Å². The fourth-order valence-corrected chi connectivity index (χ4v) is 5.35. The standard InChI is InChI=1S/C16H15Si.C14H11.Mg/c1-17(2)11-12-9-14-8-7-13-5-3-4-6-15(13)16(14)10-12;1-10-8-12-7-6-11-4-2-3-5-13(11)14(12)9-10;/h3-11H,1-2H3;2-9H,1H3;/q2*-1;+2. The average Bonchev–Trinajstić information content (AvgIpc) is 3.36. The Hall–Kier alpha value is -2.53. The Morgan fingerprint density at radius 2 is 1.12 bits per heavy atom. The number of aryl methyl sites for hydroxylation is 1. The van der Waals surface area contributed by atoms with Crippen LogP contribution in [0.15, 0.2) is 97.1 Å². The van der Waals surface area contributed by atoms with Crippen molar-refractivity contribution < 1.29 is 0 Å². The molecular formula is C30H26MgSi. The van der Waals surface area contributed by atoms with Gasteiger partial charge in [-0.1, -0.05) is 108 Å². The number of fused-ring (bicyclic) bond motifs is 6. The van der Waals surface area contributed by atoms with Gasteiger partial charge in [0.25, 0.3) is 0 Å². The van der Waals surface area contributed by atoms with Gasteiger partial charge >= 0.3 is 23.1 Å². The molecule has 0 aliphatic rings. The molecule has 0 spiro atoms. The van der Waals surface area contributed by atoms with Crippen molar-refractivity contribution in [2.75, 3.05) is 0 Å². The van der Waals surface area contributed by atoms with Gasteiger partial charge in [-0.3, -0.25) is 0 Å². The summed E-state index contributed by atoms with van der Waals surface area (Å²) in [4.78, 5) is 0. The first-order valence-corrected chi connectivity index (χ1v) is 13.4. The summed E-state index contributed by atoms with van der Waals surface area (Å²) in [7, 11) is -0.312. The molecule has 0 N–H and O–H groups in total. The van der Waals surface area contributed by atoms with Crippen LogP contribution in [0.25, 0.3) is 43.1 Å². The van der Waals surface area contributed by atoms with Gasteiger partial charge in [0.1, 0.15) is 0 Å². The Bertz CT molecular complexity index is 1560. The topological polar surface area (TPSA) is 0 Å². The molecule has 0 aliphatic carbocycles. The first-order valence-electron chi connectivity index (χ1n) is 10.9. The molecule has 152 valence electrons. The largest absolute Gasteiger partial charge is 2.00 e. The number of rotatable bonds is 1. The zero-order chi connectivity index (χ0) is 21.4. The smallest absolute Gasteiger partial charge is 0.165 e. The summed E-state index contributed by atoms with van der Waals surface area (Å²) in [6, 6.07) is 35.1. The molecule has 6 aromatic carbocycles. The predicted octanol–water partition coefficient (Wildman–Crippen LogP) is 7.84. The Morgan fingerprint density at radius 3 is 1.72 bits per heavy atom. The molecular weight excluding hydrogens is 413 g/mol. The van der Waals surface area contributed by atoms with Crippen LogP contribution in [0.2, 0.25) is 13.1 Å². The van der Waals surface area contributed by atoms with Crippen LogP contribution in [0.5, 0.6) is 0 Å². The zero-order valence-electron chi connectivity index (χ0n) is 19.0. The summed E-state index contributed by atoms with van der Waals surface area (Å²) in [6.45, 7) is 6.79. The van der Waals surface area contributed by atoms with Crippen LogP contribution < -0.4 is 0 Å². The van der Waals surface area contributed by atoms with E-state index in [2.05, 4.69) is 123 Å². The summed E-state index contributed by atoms with van der Waals surface area (Å²) in [6.07, 6.45) is 0. The van der Waals surface area contributed by atoms with Gasteiger partial charge in [-0.2, -0.15) is 6.07 Å². The molecule has 32 heavy (non-hydrogen) atoms. The van der Waals surface area contributed by atoms with Crippen LogP contribution >= 0.6 is 0 Å². The molecule has 0 bridgehead atoms. The van der Waals surface area contributed by atoms with Crippen molar-refractivity contribution in [1.82, 2.24) is 0 Å². The molecule has 0 aromatic heterocycles. The number of benzene rings is 4. The summed E-state index contributed by atoms with van der Waals surface area (Å²) in [5.41, 5.74) is 5.14. The molecule has 0 fully saturated rings. The Kier molecular flexibility index (Phi) is 6.75. The van der Waals surface area contributed by atoms with Crippen LogP contribution in [-0.4, -0.2) is 37.1 Å². The maximum Gasteiger partial charge on any atom is 2.00 e. The normalized spacial score (nSPS) is 10.7. The van der Waals surface area contributed by atoms with Gasteiger partial charge < -0.3 is 0 Å². The van der Waals surface area contributed by atoms with E-state index >= 15 is 0 Å². The molecule has 0 unspecified atom stereocenters. The van der Waals surface area contributed by atoms with Gasteiger partial charge in [0.05, 0.1) is 0 Å². The number of hydrogen-bond acceptors (Lipinski definition) is 0. The molecule has 0 radical (unpaired) electrons. The molecule has 0 atom stereocenters. The Balaban J connectivity index is 0.000000151. The van der Waals surface area contributed by atoms with Crippen molar-refractivity contribution in [3.8, 4) is 0 Å². The maximum absolute atomic E-state index is 2.42. The second kappa shape index (κ2) is 9.54. The van der Waals surface area contributed by atoms with E-state index in [1.54, 1.807) is 0 Å². The summed E-state index contributed by atoms with van der Waals surface area (Å²) < 4.78 is 0. The molecule has 6 rings (SSSR count). The van der Waals surface area contributed by atoms with E-state index < -0.39 is 0 Å². The predicted molar refractivity (Wildman–Crippen MR) is 147 cm³/mol. The quantitative estimate of drug-likeness (QED) is 0.181. The molecule has 0 heterocycles. The van der Waals surface area contributed by atoms with E-state index in [1.165, 1.54) is 54.2 Å². The monoisotopic (exact) mass is 438 g/mol. The summed E-state index contributed by atoms with van der Waals surface area (Å²) in [5, 5.41) is 10.8. The maximum atomic E-state index is 2.42. The van der Waals surface area contributed by atoms with E-state index in [-0.39, 0.29) is 31.5 Å². The third kappa shape index (κ3) is 4.49. The minimum Gasteiger partial charge on any atom is -0.165 e. The minimum absolute atomic E-state index is 0. The fraction of sp³-hybridized carbons (Fsp3) is 0.100. The van der Waals surface area contributed by atoms with Crippen molar-refractivity contribution in [2.24, 2.45) is 0 Å². The zero-order valence-corrected chi connectivity index (χ0v) is 21.4. The van der Waals surface area contributed by atoms with E-state index in [1.807, 2.05) is 0 Å². The van der Waals surface area contributed by atoms with Crippen LogP contribution in [0.4, 0.5) is 0 Å². The SMILES string of the molecule is C[Si](C)=Cc1cc2ccc3ccccc3c2[cH-]1.Cc1cc2ccc3ccccc3c2[cH-]1.[Mg+2]. The third-order valence-electron chi connectivity index (χ3n) is 5.85. The second-order valence-corrected chi connectivity index (χ2v) is 11.1. The Labute approximate surface area is 207 Å². The third-order valence-corrected chi connectivity index (χ3v) is 6.76. The van der Waals surface area contributed by atoms with Crippen molar-refractivity contribution in [1.29, 1.82) is 0 Å². The van der Waals surface area contributed by atoms with Crippen molar-refractivity contribution in [3.63, 3.8) is 0 Å². The molecule has 0 saturated heterocycles. The molecule has 0 saturated carbocycles. The average molecular weight is 439 g/mol. The van der Waals surface area contributed by atoms with Gasteiger partial charge in [0.15, 0.2) is 0 Å². The Morgan fingerprint density at radius 1 is 0.625 bits per heavy atom. The van der Waals surface area contributed by atoms with E-state index in [9.17, 15) is 0 Å². The van der Waals surface area contributed by atoms with Crippen molar-refractivity contribution in [2.45, 2.75) is 20.0 Å². The fourth-order valence-electron chi connectivity index (χ4n) is 4.52. The first kappa shape index (κ1) is 22.7. The van der Waals surface area contributed by atoms with Crippen LogP contribution in [0.3, 0.4) is 0 Å². The molecule has 0 nitrogen and oxygen atoms in total. The van der Waals surface area contributed by atoms with Crippen LogP contribution in [0.1, 0.15) is 11.1 Å². The minimum atomic E-state index is -0.312. The van der Waals surface area contributed by atoms with Crippen molar-refractivity contribution in [3.05, 3.63) is 108 Å². The van der Waals surface area contributed by atoms with Crippen LogP contribution in [0, 0.1) is 6.92 Å². The van der Waals surface area contributed by atoms with Gasteiger partial charge in [-0.15, -0.1) is 62.6 Å². The van der Waals surface area contributed by atoms with E-state index in [0.29, 0.717) is 0 Å². The molecule has 0 aliphatic heterocycles. The van der Waals surface area contributed by atoms with Crippen molar-refractivity contribution >= 4 is 80.2 Å². The summed E-state index contributed by atoms with van der Waals surface area (Å²) in [5.74, 6) is 0. The van der Waals surface area contributed by atoms with Gasteiger partial charge in [-0.25, -0.2) is 0 Å². The molecule has 6 aromatic rings. The van der Waals surface area contributed by atoms with Gasteiger partial charge in [0, 0.05) is 0 Å². The second-order valence-electron chi connectivity index (χ2n) is 8.62. The van der Waals surface area contributed by atoms with Gasteiger partial charge in [-0.05, 0) is 8.41 Å². The molecule has 2 heteroatoms. The van der Waals surface area contributed by atoms with Crippen LogP contribution in [-0.2, 0) is 0 Å². The van der Waals surface area contributed by atoms with E-state index in [0.717, 1.165) is 0 Å². The van der Waals surface area contributed by atoms with Gasteiger partial charge in [0.2, 0.25) is 0 Å². The number of hydrogen-bond donors (Lipinski definition) is 0. The molecule has 0 amide bonds. The summed E-state index contributed by atoms with van der Waals surface area (Å²) >= 11 is 0. The first-order chi connectivity index (χ1) is 15.1.